The van der Waals surface area contributed by atoms with Crippen molar-refractivity contribution in [1.29, 1.82) is 0 Å². The van der Waals surface area contributed by atoms with Crippen molar-refractivity contribution >= 4 is 23.5 Å². The number of benzene rings is 1. The van der Waals surface area contributed by atoms with E-state index in [0.29, 0.717) is 29.3 Å². The molecule has 1 saturated heterocycles. The van der Waals surface area contributed by atoms with Crippen molar-refractivity contribution in [3.63, 3.8) is 0 Å². The Bertz CT molecular complexity index is 866. The summed E-state index contributed by atoms with van der Waals surface area (Å²) in [6.45, 7) is 3.95. The van der Waals surface area contributed by atoms with E-state index in [1.54, 1.807) is 43.3 Å². The topological polar surface area (TPSA) is 109 Å². The maximum Gasteiger partial charge on any atom is 0.322 e. The Morgan fingerprint density at radius 2 is 2.08 bits per heavy atom. The Balaban J connectivity index is 1.77. The smallest absolute Gasteiger partial charge is 0.322 e. The number of hydrogen-bond donors (Lipinski definition) is 3. The third kappa shape index (κ3) is 3.34. The summed E-state index contributed by atoms with van der Waals surface area (Å²) < 4.78 is 5.25. The third-order valence-corrected chi connectivity index (χ3v) is 4.03. The van der Waals surface area contributed by atoms with E-state index in [1.165, 1.54) is 6.20 Å². The van der Waals surface area contributed by atoms with Gasteiger partial charge in [0.2, 0.25) is 5.88 Å². The largest absolute Gasteiger partial charge is 0.478 e. The lowest BCUT2D eigenvalue weighted by Gasteiger charge is -2.21. The van der Waals surface area contributed by atoms with E-state index >= 15 is 0 Å². The van der Waals surface area contributed by atoms with Crippen molar-refractivity contribution in [2.45, 2.75) is 19.4 Å². The minimum atomic E-state index is -1.18. The fourth-order valence-electron chi connectivity index (χ4n) is 2.61. The number of nitrogens with zero attached hydrogens (tertiary/aromatic N) is 1. The highest BCUT2D eigenvalue weighted by molar-refractivity contribution is 6.07. The van der Waals surface area contributed by atoms with Crippen LogP contribution in [-0.2, 0) is 10.3 Å². The average molecular weight is 354 g/mol. The number of rotatable bonds is 5. The molecule has 1 aromatic heterocycles. The molecule has 2 heterocycles. The van der Waals surface area contributed by atoms with E-state index in [0.717, 1.165) is 0 Å². The van der Waals surface area contributed by atoms with Gasteiger partial charge in [-0.05, 0) is 37.6 Å². The van der Waals surface area contributed by atoms with Crippen LogP contribution in [0.15, 0.2) is 42.6 Å². The number of aromatic nitrogens is 1. The number of carbonyl (C=O) groups excluding carboxylic acids is 3. The van der Waals surface area contributed by atoms with Gasteiger partial charge in [-0.15, -0.1) is 0 Å². The number of urea groups is 1. The molecule has 2 aromatic rings. The molecule has 1 aliphatic rings. The molecule has 0 saturated carbocycles. The Kier molecular flexibility index (Phi) is 4.57. The number of imide groups is 1. The quantitative estimate of drug-likeness (QED) is 0.709. The number of ether oxygens (including phenoxy) is 1. The second-order valence-electron chi connectivity index (χ2n) is 5.89. The van der Waals surface area contributed by atoms with E-state index in [-0.39, 0.29) is 5.91 Å². The molecule has 1 aromatic carbocycles. The van der Waals surface area contributed by atoms with Crippen molar-refractivity contribution in [2.24, 2.45) is 0 Å². The van der Waals surface area contributed by atoms with Crippen LogP contribution in [0.4, 0.5) is 10.5 Å². The van der Waals surface area contributed by atoms with Crippen molar-refractivity contribution < 1.29 is 19.1 Å². The first-order chi connectivity index (χ1) is 12.4. The van der Waals surface area contributed by atoms with Gasteiger partial charge in [0, 0.05) is 18.0 Å². The molecule has 0 bridgehead atoms. The molecule has 134 valence electrons. The molecule has 0 aliphatic carbocycles. The zero-order chi connectivity index (χ0) is 18.7. The second-order valence-corrected chi connectivity index (χ2v) is 5.89. The summed E-state index contributed by atoms with van der Waals surface area (Å²) in [7, 11) is 0. The van der Waals surface area contributed by atoms with Gasteiger partial charge < -0.3 is 15.4 Å². The molecule has 0 spiro atoms. The first-order valence-corrected chi connectivity index (χ1v) is 8.06. The molecule has 8 nitrogen and oxygen atoms in total. The van der Waals surface area contributed by atoms with Gasteiger partial charge in [-0.2, -0.15) is 0 Å². The van der Waals surface area contributed by atoms with E-state index in [4.69, 9.17) is 4.74 Å². The monoisotopic (exact) mass is 354 g/mol. The Hall–Kier alpha value is -3.42. The van der Waals surface area contributed by atoms with Crippen molar-refractivity contribution in [3.8, 4) is 5.88 Å². The number of carbonyl (C=O) groups is 3. The van der Waals surface area contributed by atoms with Crippen LogP contribution in [0.1, 0.15) is 29.8 Å². The van der Waals surface area contributed by atoms with Gasteiger partial charge in [0.25, 0.3) is 11.8 Å². The number of hydrogen-bond acceptors (Lipinski definition) is 5. The molecular weight excluding hydrogens is 336 g/mol. The Morgan fingerprint density at radius 3 is 2.69 bits per heavy atom. The highest BCUT2D eigenvalue weighted by Gasteiger charge is 2.43. The molecule has 1 fully saturated rings. The fraction of sp³-hybridized carbons (Fsp3) is 0.222. The molecule has 3 rings (SSSR count). The van der Waals surface area contributed by atoms with Crippen LogP contribution in [0, 0.1) is 0 Å². The van der Waals surface area contributed by atoms with Gasteiger partial charge in [-0.1, -0.05) is 12.1 Å². The van der Waals surface area contributed by atoms with Crippen LogP contribution >= 0.6 is 0 Å². The molecule has 3 N–H and O–H groups in total. The predicted octanol–water partition coefficient (Wildman–Crippen LogP) is 1.79. The molecule has 0 radical (unpaired) electrons. The average Bonchev–Trinajstić information content (AvgIpc) is 2.89. The molecule has 26 heavy (non-hydrogen) atoms. The van der Waals surface area contributed by atoms with Crippen LogP contribution in [0.2, 0.25) is 0 Å². The highest BCUT2D eigenvalue weighted by Crippen LogP contribution is 2.26. The van der Waals surface area contributed by atoms with Gasteiger partial charge >= 0.3 is 6.03 Å². The van der Waals surface area contributed by atoms with Gasteiger partial charge in [0.1, 0.15) is 5.54 Å². The van der Waals surface area contributed by atoms with E-state index < -0.39 is 17.5 Å². The lowest BCUT2D eigenvalue weighted by Crippen LogP contribution is -2.40. The molecular formula is C18H18N4O4. The van der Waals surface area contributed by atoms with E-state index in [9.17, 15) is 14.4 Å². The standard InChI is InChI=1S/C18H18N4O4/c1-3-26-14-8-7-11(10-19-14)15(23)20-13-6-4-5-12(9-13)18(2)16(24)21-17(25)22-18/h4-10H,3H2,1-2H3,(H,20,23)(H2,21,22,24,25)/t18-/m1/s1. The summed E-state index contributed by atoms with van der Waals surface area (Å²) >= 11 is 0. The van der Waals surface area contributed by atoms with Gasteiger partial charge in [-0.3, -0.25) is 14.9 Å². The SMILES string of the molecule is CCOc1ccc(C(=O)Nc2cccc([C@@]3(C)NC(=O)NC3=O)c2)cn1. The van der Waals surface area contributed by atoms with Gasteiger partial charge in [0.15, 0.2) is 0 Å². The van der Waals surface area contributed by atoms with Crippen molar-refractivity contribution in [1.82, 2.24) is 15.6 Å². The van der Waals surface area contributed by atoms with Crippen LogP contribution in [-0.4, -0.2) is 29.4 Å². The van der Waals surface area contributed by atoms with Gasteiger partial charge in [-0.25, -0.2) is 9.78 Å². The minimum Gasteiger partial charge on any atom is -0.478 e. The summed E-state index contributed by atoms with van der Waals surface area (Å²) in [5, 5.41) is 7.55. The number of anilines is 1. The summed E-state index contributed by atoms with van der Waals surface area (Å²) in [5.41, 5.74) is 0.246. The highest BCUT2D eigenvalue weighted by atomic mass is 16.5. The normalized spacial score (nSPS) is 18.8. The second kappa shape index (κ2) is 6.83. The van der Waals surface area contributed by atoms with E-state index in [2.05, 4.69) is 20.9 Å². The van der Waals surface area contributed by atoms with E-state index in [1.807, 2.05) is 6.92 Å². The first kappa shape index (κ1) is 17.4. The first-order valence-electron chi connectivity index (χ1n) is 8.06. The Labute approximate surface area is 150 Å². The maximum atomic E-state index is 12.4. The third-order valence-electron chi connectivity index (χ3n) is 4.03. The maximum absolute atomic E-state index is 12.4. The molecule has 1 atom stereocenters. The van der Waals surface area contributed by atoms with Crippen LogP contribution in [0.5, 0.6) is 5.88 Å². The number of nitrogens with one attached hydrogen (secondary N) is 3. The fourth-order valence-corrected chi connectivity index (χ4v) is 2.61. The lowest BCUT2D eigenvalue weighted by atomic mass is 9.92. The molecule has 0 unspecified atom stereocenters. The van der Waals surface area contributed by atoms with Crippen LogP contribution in [0.3, 0.4) is 0 Å². The minimum absolute atomic E-state index is 0.345. The van der Waals surface area contributed by atoms with Crippen LogP contribution in [0.25, 0.3) is 0 Å². The van der Waals surface area contributed by atoms with Crippen molar-refractivity contribution in [2.75, 3.05) is 11.9 Å². The summed E-state index contributed by atoms with van der Waals surface area (Å²) in [5.74, 6) is -0.341. The molecule has 8 heteroatoms. The molecule has 4 amide bonds. The zero-order valence-corrected chi connectivity index (χ0v) is 14.3. The van der Waals surface area contributed by atoms with Gasteiger partial charge in [0.05, 0.1) is 12.2 Å². The predicted molar refractivity (Wildman–Crippen MR) is 93.8 cm³/mol. The van der Waals surface area contributed by atoms with Crippen LogP contribution < -0.4 is 20.7 Å². The number of pyridine rings is 1. The zero-order valence-electron chi connectivity index (χ0n) is 14.3. The molecule has 1 aliphatic heterocycles. The Morgan fingerprint density at radius 1 is 1.27 bits per heavy atom. The van der Waals surface area contributed by atoms with Crippen molar-refractivity contribution in [3.05, 3.63) is 53.7 Å². The summed E-state index contributed by atoms with van der Waals surface area (Å²) in [6, 6.07) is 9.43. The summed E-state index contributed by atoms with van der Waals surface area (Å²) in [4.78, 5) is 39.9. The number of amides is 4. The lowest BCUT2D eigenvalue weighted by molar-refractivity contribution is -0.123. The summed E-state index contributed by atoms with van der Waals surface area (Å²) in [6.07, 6.45) is 1.43.